The second-order valence-electron chi connectivity index (χ2n) is 7.19. The maximum atomic E-state index is 13.2. The highest BCUT2D eigenvalue weighted by Gasteiger charge is 2.24. The summed E-state index contributed by atoms with van der Waals surface area (Å²) < 4.78 is 17.1. The van der Waals surface area contributed by atoms with Gasteiger partial charge in [0.15, 0.2) is 0 Å². The second-order valence-corrected chi connectivity index (χ2v) is 7.62. The fourth-order valence-corrected chi connectivity index (χ4v) is 3.67. The summed E-state index contributed by atoms with van der Waals surface area (Å²) in [4.78, 5) is 25.7. The molecule has 0 aliphatic heterocycles. The summed E-state index contributed by atoms with van der Waals surface area (Å²) in [5.41, 5.74) is 2.11. The molecule has 0 N–H and O–H groups in total. The minimum absolute atomic E-state index is 0.150. The number of carbonyl (C=O) groups excluding carboxylic acids is 1. The van der Waals surface area contributed by atoms with Crippen molar-refractivity contribution < 1.29 is 18.7 Å². The molecule has 4 rings (SSSR count). The molecule has 0 radical (unpaired) electrons. The quantitative estimate of drug-likeness (QED) is 0.333. The van der Waals surface area contributed by atoms with Crippen LogP contribution in [0.25, 0.3) is 22.1 Å². The van der Waals surface area contributed by atoms with Crippen molar-refractivity contribution in [2.45, 2.75) is 20.0 Å². The molecule has 0 bridgehead atoms. The molecular formula is C26H21ClO5. The molecule has 1 atom stereocenters. The van der Waals surface area contributed by atoms with Gasteiger partial charge in [0.25, 0.3) is 0 Å². The Morgan fingerprint density at radius 2 is 1.75 bits per heavy atom. The summed E-state index contributed by atoms with van der Waals surface area (Å²) in [6.45, 7) is 3.72. The topological polar surface area (TPSA) is 65.7 Å². The van der Waals surface area contributed by atoms with E-state index in [4.69, 9.17) is 25.5 Å². The van der Waals surface area contributed by atoms with Crippen LogP contribution in [0.15, 0.2) is 82.0 Å². The van der Waals surface area contributed by atoms with E-state index in [2.05, 4.69) is 0 Å². The van der Waals surface area contributed by atoms with Gasteiger partial charge in [0.1, 0.15) is 17.1 Å². The molecule has 0 amide bonds. The van der Waals surface area contributed by atoms with Gasteiger partial charge in [-0.2, -0.15) is 0 Å². The third-order valence-electron chi connectivity index (χ3n) is 5.03. The van der Waals surface area contributed by atoms with Crippen LogP contribution < -0.4 is 10.2 Å². The van der Waals surface area contributed by atoms with E-state index in [1.807, 2.05) is 18.2 Å². The number of aryl methyl sites for hydroxylation is 1. The number of hydrogen-bond donors (Lipinski definition) is 0. The highest BCUT2D eigenvalue weighted by atomic mass is 35.5. The summed E-state index contributed by atoms with van der Waals surface area (Å²) in [5.74, 6) is 0.377. The van der Waals surface area contributed by atoms with Crippen molar-refractivity contribution in [3.63, 3.8) is 0 Å². The van der Waals surface area contributed by atoms with E-state index < -0.39 is 12.1 Å². The van der Waals surface area contributed by atoms with Gasteiger partial charge in [-0.1, -0.05) is 54.1 Å². The van der Waals surface area contributed by atoms with E-state index in [0.717, 1.165) is 5.56 Å². The molecule has 1 aromatic heterocycles. The Morgan fingerprint density at radius 1 is 1.03 bits per heavy atom. The molecule has 4 aromatic rings. The van der Waals surface area contributed by atoms with E-state index in [1.165, 1.54) is 0 Å². The van der Waals surface area contributed by atoms with Gasteiger partial charge in [0, 0.05) is 16.7 Å². The third kappa shape index (κ3) is 4.39. The first kappa shape index (κ1) is 21.7. The Hall–Kier alpha value is -3.57. The minimum atomic E-state index is -0.935. The van der Waals surface area contributed by atoms with E-state index >= 15 is 0 Å². The van der Waals surface area contributed by atoms with Crippen LogP contribution in [-0.2, 0) is 9.53 Å². The molecule has 0 aliphatic rings. The van der Waals surface area contributed by atoms with E-state index in [-0.39, 0.29) is 12.0 Å². The molecule has 5 nitrogen and oxygen atoms in total. The Bertz CT molecular complexity index is 1310. The number of carbonyl (C=O) groups is 1. The molecule has 1 unspecified atom stereocenters. The fourth-order valence-electron chi connectivity index (χ4n) is 3.54. The molecule has 3 aromatic carbocycles. The van der Waals surface area contributed by atoms with Crippen molar-refractivity contribution in [2.75, 3.05) is 6.61 Å². The molecule has 0 saturated carbocycles. The predicted molar refractivity (Wildman–Crippen MR) is 124 cm³/mol. The normalized spacial score (nSPS) is 11.8. The summed E-state index contributed by atoms with van der Waals surface area (Å²) in [5, 5.41) is 1.01. The number of halogens is 1. The molecule has 1 heterocycles. The van der Waals surface area contributed by atoms with Crippen molar-refractivity contribution in [3.8, 4) is 16.9 Å². The average Bonchev–Trinajstić information content (AvgIpc) is 2.79. The van der Waals surface area contributed by atoms with E-state index in [0.29, 0.717) is 38.6 Å². The zero-order chi connectivity index (χ0) is 22.7. The van der Waals surface area contributed by atoms with E-state index in [1.54, 1.807) is 68.4 Å². The zero-order valence-electron chi connectivity index (χ0n) is 17.6. The van der Waals surface area contributed by atoms with Crippen LogP contribution in [0.5, 0.6) is 5.75 Å². The maximum Gasteiger partial charge on any atom is 0.352 e. The van der Waals surface area contributed by atoms with Crippen LogP contribution in [0.1, 0.15) is 24.4 Å². The third-order valence-corrected chi connectivity index (χ3v) is 5.28. The van der Waals surface area contributed by atoms with Crippen molar-refractivity contribution in [1.82, 2.24) is 0 Å². The van der Waals surface area contributed by atoms with Gasteiger partial charge in [0.2, 0.25) is 11.5 Å². The largest absolute Gasteiger partial charge is 0.474 e. The molecule has 0 spiro atoms. The van der Waals surface area contributed by atoms with E-state index in [9.17, 15) is 9.59 Å². The lowest BCUT2D eigenvalue weighted by molar-refractivity contribution is -0.151. The summed E-state index contributed by atoms with van der Waals surface area (Å²) in [6.07, 6.45) is -0.935. The van der Waals surface area contributed by atoms with Crippen LogP contribution in [0, 0.1) is 6.92 Å². The first-order chi connectivity index (χ1) is 15.5. The maximum absolute atomic E-state index is 13.2. The Labute approximate surface area is 190 Å². The number of rotatable bonds is 6. The molecule has 0 saturated heterocycles. The Kier molecular flexibility index (Phi) is 6.28. The van der Waals surface area contributed by atoms with Gasteiger partial charge in [-0.25, -0.2) is 4.79 Å². The SMILES string of the molecule is CCOC(=O)C(Oc1ccc2c(=O)c(-c3ccc(Cl)cc3)c(C)oc2c1)c1ccccc1. The van der Waals surface area contributed by atoms with Gasteiger partial charge in [-0.3, -0.25) is 4.79 Å². The van der Waals surface area contributed by atoms with Gasteiger partial charge in [-0.05, 0) is 43.7 Å². The van der Waals surface area contributed by atoms with Gasteiger partial charge < -0.3 is 13.9 Å². The standard InChI is InChI=1S/C26H21ClO5/c1-3-30-26(29)25(18-7-5-4-6-8-18)32-20-13-14-21-22(15-20)31-16(2)23(24(21)28)17-9-11-19(27)12-10-17/h4-15,25H,3H2,1-2H3. The Balaban J connectivity index is 1.73. The first-order valence-corrected chi connectivity index (χ1v) is 10.6. The molecule has 32 heavy (non-hydrogen) atoms. The van der Waals surface area contributed by atoms with Crippen molar-refractivity contribution in [3.05, 3.63) is 99.4 Å². The molecular weight excluding hydrogens is 428 g/mol. The number of esters is 1. The smallest absolute Gasteiger partial charge is 0.352 e. The average molecular weight is 449 g/mol. The first-order valence-electron chi connectivity index (χ1n) is 10.2. The lowest BCUT2D eigenvalue weighted by Gasteiger charge is -2.18. The molecule has 0 aliphatic carbocycles. The zero-order valence-corrected chi connectivity index (χ0v) is 18.4. The van der Waals surface area contributed by atoms with Crippen molar-refractivity contribution in [1.29, 1.82) is 0 Å². The van der Waals surface area contributed by atoms with Crippen molar-refractivity contribution >= 4 is 28.5 Å². The second kappa shape index (κ2) is 9.28. The van der Waals surface area contributed by atoms with Gasteiger partial charge in [-0.15, -0.1) is 0 Å². The number of ether oxygens (including phenoxy) is 2. The number of hydrogen-bond acceptors (Lipinski definition) is 5. The van der Waals surface area contributed by atoms with Gasteiger partial charge in [0.05, 0.1) is 17.6 Å². The minimum Gasteiger partial charge on any atom is -0.474 e. The highest BCUT2D eigenvalue weighted by Crippen LogP contribution is 2.29. The summed E-state index contributed by atoms with van der Waals surface area (Å²) in [6, 6.07) is 21.0. The van der Waals surface area contributed by atoms with Crippen LogP contribution in [0.2, 0.25) is 5.02 Å². The fraction of sp³-hybridized carbons (Fsp3) is 0.154. The predicted octanol–water partition coefficient (Wildman–Crippen LogP) is 6.11. The number of fused-ring (bicyclic) bond motifs is 1. The highest BCUT2D eigenvalue weighted by molar-refractivity contribution is 6.30. The molecule has 162 valence electrons. The lowest BCUT2D eigenvalue weighted by atomic mass is 10.0. The van der Waals surface area contributed by atoms with Crippen LogP contribution in [-0.4, -0.2) is 12.6 Å². The van der Waals surface area contributed by atoms with Crippen LogP contribution >= 0.6 is 11.6 Å². The lowest BCUT2D eigenvalue weighted by Crippen LogP contribution is -2.21. The van der Waals surface area contributed by atoms with Crippen LogP contribution in [0.4, 0.5) is 0 Å². The summed E-state index contributed by atoms with van der Waals surface area (Å²) >= 11 is 5.97. The van der Waals surface area contributed by atoms with Gasteiger partial charge >= 0.3 is 5.97 Å². The molecule has 0 fully saturated rings. The molecule has 6 heteroatoms. The summed E-state index contributed by atoms with van der Waals surface area (Å²) in [7, 11) is 0. The monoisotopic (exact) mass is 448 g/mol. The van der Waals surface area contributed by atoms with Crippen LogP contribution in [0.3, 0.4) is 0 Å². The Morgan fingerprint density at radius 3 is 2.44 bits per heavy atom. The van der Waals surface area contributed by atoms with Crippen molar-refractivity contribution in [2.24, 2.45) is 0 Å². The number of benzene rings is 3.